The predicted octanol–water partition coefficient (Wildman–Crippen LogP) is 1.73. The van der Waals surface area contributed by atoms with Crippen LogP contribution in [0, 0.1) is 6.92 Å². The number of halogens is 1. The maximum atomic E-state index is 5.49. The molecule has 0 atom stereocenters. The molecule has 2 nitrogen and oxygen atoms in total. The molecule has 0 fully saturated rings. The van der Waals surface area contributed by atoms with Crippen LogP contribution in [0.15, 0.2) is 16.7 Å². The van der Waals surface area contributed by atoms with Crippen LogP contribution >= 0.6 is 15.9 Å². The SMILES string of the molecule is Cc1cc(N)cc(Br)n1. The van der Waals surface area contributed by atoms with E-state index in [2.05, 4.69) is 20.9 Å². The van der Waals surface area contributed by atoms with Gasteiger partial charge in [-0.15, -0.1) is 0 Å². The Morgan fingerprint density at radius 2 is 2.22 bits per heavy atom. The van der Waals surface area contributed by atoms with E-state index in [1.807, 2.05) is 13.0 Å². The number of anilines is 1. The Morgan fingerprint density at radius 3 is 2.67 bits per heavy atom. The number of nitrogens with zero attached hydrogens (tertiary/aromatic N) is 1. The van der Waals surface area contributed by atoms with Crippen LogP contribution in [-0.2, 0) is 0 Å². The predicted molar refractivity (Wildman–Crippen MR) is 41.1 cm³/mol. The summed E-state index contributed by atoms with van der Waals surface area (Å²) in [6.45, 7) is 1.90. The minimum Gasteiger partial charge on any atom is -0.399 e. The summed E-state index contributed by atoms with van der Waals surface area (Å²) in [5, 5.41) is 0. The second kappa shape index (κ2) is 2.35. The molecule has 3 heteroatoms. The van der Waals surface area contributed by atoms with Crippen molar-refractivity contribution in [1.82, 2.24) is 4.98 Å². The third kappa shape index (κ3) is 1.68. The maximum absolute atomic E-state index is 5.49. The van der Waals surface area contributed by atoms with Crippen molar-refractivity contribution in [2.75, 3.05) is 5.73 Å². The van der Waals surface area contributed by atoms with Gasteiger partial charge in [-0.05, 0) is 35.0 Å². The molecule has 0 aliphatic rings. The zero-order valence-corrected chi connectivity index (χ0v) is 6.64. The molecule has 0 saturated heterocycles. The van der Waals surface area contributed by atoms with Crippen LogP contribution in [0.25, 0.3) is 0 Å². The highest BCUT2D eigenvalue weighted by molar-refractivity contribution is 9.10. The van der Waals surface area contributed by atoms with E-state index in [0.717, 1.165) is 16.0 Å². The molecular weight excluding hydrogens is 180 g/mol. The number of pyridine rings is 1. The number of nitrogens with two attached hydrogens (primary N) is 1. The van der Waals surface area contributed by atoms with Crippen molar-refractivity contribution < 1.29 is 0 Å². The summed E-state index contributed by atoms with van der Waals surface area (Å²) in [6, 6.07) is 3.60. The molecule has 0 aliphatic carbocycles. The molecule has 0 aliphatic heterocycles. The van der Waals surface area contributed by atoms with Gasteiger partial charge in [0.2, 0.25) is 0 Å². The highest BCUT2D eigenvalue weighted by atomic mass is 79.9. The molecule has 1 rings (SSSR count). The van der Waals surface area contributed by atoms with Gasteiger partial charge in [-0.25, -0.2) is 4.98 Å². The van der Waals surface area contributed by atoms with E-state index in [4.69, 9.17) is 5.73 Å². The lowest BCUT2D eigenvalue weighted by Gasteiger charge is -1.94. The maximum Gasteiger partial charge on any atom is 0.108 e. The molecule has 1 aromatic rings. The first-order chi connectivity index (χ1) is 4.18. The van der Waals surface area contributed by atoms with Crippen molar-refractivity contribution in [1.29, 1.82) is 0 Å². The van der Waals surface area contributed by atoms with E-state index in [1.165, 1.54) is 0 Å². The molecule has 0 unspecified atom stereocenters. The molecule has 0 amide bonds. The van der Waals surface area contributed by atoms with Crippen LogP contribution in [0.4, 0.5) is 5.69 Å². The lowest BCUT2D eigenvalue weighted by molar-refractivity contribution is 1.17. The van der Waals surface area contributed by atoms with Gasteiger partial charge >= 0.3 is 0 Å². The average molecular weight is 187 g/mol. The van der Waals surface area contributed by atoms with E-state index < -0.39 is 0 Å². The minimum absolute atomic E-state index is 0.745. The van der Waals surface area contributed by atoms with E-state index in [0.29, 0.717) is 0 Å². The number of hydrogen-bond acceptors (Lipinski definition) is 2. The Kier molecular flexibility index (Phi) is 1.71. The quantitative estimate of drug-likeness (QED) is 0.628. The first-order valence-corrected chi connectivity index (χ1v) is 3.37. The van der Waals surface area contributed by atoms with Gasteiger partial charge in [0, 0.05) is 11.4 Å². The normalized spacial score (nSPS) is 9.56. The lowest BCUT2D eigenvalue weighted by Crippen LogP contribution is -1.88. The summed E-state index contributed by atoms with van der Waals surface area (Å²) < 4.78 is 0.792. The zero-order chi connectivity index (χ0) is 6.85. The lowest BCUT2D eigenvalue weighted by atomic mass is 10.3. The van der Waals surface area contributed by atoms with E-state index in [-0.39, 0.29) is 0 Å². The van der Waals surface area contributed by atoms with Crippen molar-refractivity contribution in [2.45, 2.75) is 6.92 Å². The molecule has 1 heterocycles. The summed E-state index contributed by atoms with van der Waals surface area (Å²) >= 11 is 3.22. The Hall–Kier alpha value is -0.570. The molecule has 2 N–H and O–H groups in total. The van der Waals surface area contributed by atoms with Crippen molar-refractivity contribution in [2.24, 2.45) is 0 Å². The first-order valence-electron chi connectivity index (χ1n) is 2.58. The van der Waals surface area contributed by atoms with Crippen LogP contribution in [0.2, 0.25) is 0 Å². The van der Waals surface area contributed by atoms with E-state index >= 15 is 0 Å². The van der Waals surface area contributed by atoms with Crippen molar-refractivity contribution in [3.8, 4) is 0 Å². The summed E-state index contributed by atoms with van der Waals surface area (Å²) in [4.78, 5) is 4.07. The summed E-state index contributed by atoms with van der Waals surface area (Å²) in [7, 11) is 0. The summed E-state index contributed by atoms with van der Waals surface area (Å²) in [5.74, 6) is 0. The van der Waals surface area contributed by atoms with Crippen LogP contribution in [0.5, 0.6) is 0 Å². The van der Waals surface area contributed by atoms with Gasteiger partial charge in [-0.3, -0.25) is 0 Å². The Balaban J connectivity index is 3.17. The van der Waals surface area contributed by atoms with Crippen LogP contribution in [-0.4, -0.2) is 4.98 Å². The van der Waals surface area contributed by atoms with Gasteiger partial charge in [0.1, 0.15) is 4.60 Å². The van der Waals surface area contributed by atoms with Gasteiger partial charge in [-0.2, -0.15) is 0 Å². The standard InChI is InChI=1S/C6H7BrN2/c1-4-2-5(8)3-6(7)9-4/h2-3H,1H3,(H2,8,9). The average Bonchev–Trinajstić information content (AvgIpc) is 1.59. The van der Waals surface area contributed by atoms with Gasteiger partial charge in [0.15, 0.2) is 0 Å². The van der Waals surface area contributed by atoms with Crippen molar-refractivity contribution in [3.63, 3.8) is 0 Å². The molecule has 0 spiro atoms. The molecule has 0 bridgehead atoms. The summed E-state index contributed by atoms with van der Waals surface area (Å²) in [5.41, 5.74) is 7.17. The van der Waals surface area contributed by atoms with Gasteiger partial charge in [0.05, 0.1) is 0 Å². The first kappa shape index (κ1) is 6.55. The Morgan fingerprint density at radius 1 is 1.56 bits per heavy atom. The van der Waals surface area contributed by atoms with Gasteiger partial charge in [-0.1, -0.05) is 0 Å². The fraction of sp³-hybridized carbons (Fsp3) is 0.167. The largest absolute Gasteiger partial charge is 0.399 e. The second-order valence-corrected chi connectivity index (χ2v) is 2.68. The Labute approximate surface area is 62.2 Å². The fourth-order valence-corrected chi connectivity index (χ4v) is 1.20. The van der Waals surface area contributed by atoms with Gasteiger partial charge in [0.25, 0.3) is 0 Å². The van der Waals surface area contributed by atoms with Gasteiger partial charge < -0.3 is 5.73 Å². The number of rotatable bonds is 0. The number of aryl methyl sites for hydroxylation is 1. The topological polar surface area (TPSA) is 38.9 Å². The number of nitrogen functional groups attached to an aromatic ring is 1. The minimum atomic E-state index is 0.745. The molecule has 48 valence electrons. The number of hydrogen-bond donors (Lipinski definition) is 1. The summed E-state index contributed by atoms with van der Waals surface area (Å²) in [6.07, 6.45) is 0. The van der Waals surface area contributed by atoms with Crippen molar-refractivity contribution >= 4 is 21.6 Å². The third-order valence-electron chi connectivity index (χ3n) is 0.944. The van der Waals surface area contributed by atoms with Crippen molar-refractivity contribution in [3.05, 3.63) is 22.4 Å². The third-order valence-corrected chi connectivity index (χ3v) is 1.35. The number of aromatic nitrogens is 1. The van der Waals surface area contributed by atoms with Crippen LogP contribution < -0.4 is 5.73 Å². The molecule has 0 radical (unpaired) electrons. The zero-order valence-electron chi connectivity index (χ0n) is 5.06. The smallest absolute Gasteiger partial charge is 0.108 e. The molecule has 9 heavy (non-hydrogen) atoms. The molecule has 0 aromatic carbocycles. The van der Waals surface area contributed by atoms with Crippen LogP contribution in [0.3, 0.4) is 0 Å². The molecule has 0 saturated carbocycles. The second-order valence-electron chi connectivity index (χ2n) is 1.86. The van der Waals surface area contributed by atoms with E-state index in [9.17, 15) is 0 Å². The molecular formula is C6H7BrN2. The highest BCUT2D eigenvalue weighted by Crippen LogP contribution is 2.11. The molecule has 1 aromatic heterocycles. The van der Waals surface area contributed by atoms with E-state index in [1.54, 1.807) is 6.07 Å². The monoisotopic (exact) mass is 186 g/mol. The fourth-order valence-electron chi connectivity index (χ4n) is 0.653. The van der Waals surface area contributed by atoms with Crippen LogP contribution in [0.1, 0.15) is 5.69 Å². The Bertz CT molecular complexity index is 172. The highest BCUT2D eigenvalue weighted by Gasteiger charge is 1.90.